The molecule has 0 aromatic carbocycles. The van der Waals surface area contributed by atoms with Gasteiger partial charge in [0.05, 0.1) is 0 Å². The van der Waals surface area contributed by atoms with Gasteiger partial charge in [-0.2, -0.15) is 0 Å². The average molecular weight is 106 g/mol. The third kappa shape index (κ3) is 2.52. The summed E-state index contributed by atoms with van der Waals surface area (Å²) in [6.45, 7) is 0. The van der Waals surface area contributed by atoms with Crippen LogP contribution in [0.25, 0.3) is 0 Å². The molecule has 0 saturated heterocycles. The second kappa shape index (κ2) is 1.80. The van der Waals surface area contributed by atoms with Gasteiger partial charge in [-0.1, -0.05) is 19.3 Å². The van der Waals surface area contributed by atoms with Crippen molar-refractivity contribution in [2.45, 2.75) is 19.3 Å². The molecular formula is C3H6Cu. The second-order valence-corrected chi connectivity index (χ2v) is 1.06. The van der Waals surface area contributed by atoms with E-state index >= 15 is 0 Å². The zero-order valence-electron chi connectivity index (χ0n) is 2.42. The fourth-order valence-electron chi connectivity index (χ4n) is 0. The van der Waals surface area contributed by atoms with Crippen LogP contribution >= 0.6 is 0 Å². The molecule has 0 bridgehead atoms. The molecule has 1 aliphatic rings. The van der Waals surface area contributed by atoms with Crippen LogP contribution in [0.1, 0.15) is 19.3 Å². The summed E-state index contributed by atoms with van der Waals surface area (Å²) in [7, 11) is 0. The van der Waals surface area contributed by atoms with Crippen molar-refractivity contribution in [2.75, 3.05) is 0 Å². The van der Waals surface area contributed by atoms with Crippen molar-refractivity contribution >= 4 is 0 Å². The van der Waals surface area contributed by atoms with Gasteiger partial charge in [-0.05, 0) is 0 Å². The summed E-state index contributed by atoms with van der Waals surface area (Å²) in [5.74, 6) is 0. The molecule has 1 radical (unpaired) electrons. The van der Waals surface area contributed by atoms with Crippen LogP contribution < -0.4 is 0 Å². The Kier molecular flexibility index (Phi) is 2.04. The molecule has 0 N–H and O–H groups in total. The molecule has 0 amide bonds. The normalized spacial score (nSPS) is 18.0. The zero-order valence-corrected chi connectivity index (χ0v) is 3.36. The molecule has 0 nitrogen and oxygen atoms in total. The molecule has 1 aliphatic carbocycles. The van der Waals surface area contributed by atoms with E-state index in [1.165, 1.54) is 19.3 Å². The van der Waals surface area contributed by atoms with Crippen LogP contribution in [0, 0.1) is 0 Å². The molecule has 0 atom stereocenters. The van der Waals surface area contributed by atoms with Crippen molar-refractivity contribution in [3.63, 3.8) is 0 Å². The van der Waals surface area contributed by atoms with Crippen molar-refractivity contribution in [3.8, 4) is 0 Å². The second-order valence-electron chi connectivity index (χ2n) is 1.06. The van der Waals surface area contributed by atoms with Crippen molar-refractivity contribution in [3.05, 3.63) is 0 Å². The van der Waals surface area contributed by atoms with Crippen LogP contribution in [0.5, 0.6) is 0 Å². The molecule has 0 heterocycles. The van der Waals surface area contributed by atoms with E-state index in [4.69, 9.17) is 0 Å². The van der Waals surface area contributed by atoms with E-state index in [1.54, 1.807) is 0 Å². The minimum Gasteiger partial charge on any atom is -0.0533 e. The van der Waals surface area contributed by atoms with Gasteiger partial charge in [-0.15, -0.1) is 0 Å². The van der Waals surface area contributed by atoms with Crippen molar-refractivity contribution in [2.24, 2.45) is 0 Å². The molecule has 0 aromatic heterocycles. The molecule has 0 aromatic rings. The summed E-state index contributed by atoms with van der Waals surface area (Å²) in [6, 6.07) is 0. The van der Waals surface area contributed by atoms with Gasteiger partial charge in [0.2, 0.25) is 0 Å². The Bertz CT molecular complexity index is 8.00. The minimum atomic E-state index is 0. The topological polar surface area (TPSA) is 0 Å². The number of rotatable bonds is 0. The largest absolute Gasteiger partial charge is 0.0533 e. The summed E-state index contributed by atoms with van der Waals surface area (Å²) < 4.78 is 0. The maximum absolute atomic E-state index is 1.50. The SMILES string of the molecule is C1CC1.[Cu]. The maximum atomic E-state index is 1.50. The molecule has 4 heavy (non-hydrogen) atoms. The fourth-order valence-corrected chi connectivity index (χ4v) is 0. The standard InChI is InChI=1S/C3H6.Cu/c1-2-3-1;/h1-3H2;. The summed E-state index contributed by atoms with van der Waals surface area (Å²) >= 11 is 0. The molecule has 1 saturated carbocycles. The Labute approximate surface area is 37.1 Å². The van der Waals surface area contributed by atoms with Crippen LogP contribution in [-0.2, 0) is 17.1 Å². The van der Waals surface area contributed by atoms with E-state index < -0.39 is 0 Å². The van der Waals surface area contributed by atoms with E-state index in [1.807, 2.05) is 0 Å². The quantitative estimate of drug-likeness (QED) is 0.406. The first kappa shape index (κ1) is 4.52. The maximum Gasteiger partial charge on any atom is 0 e. The molecule has 29 valence electrons. The fraction of sp³-hybridized carbons (Fsp3) is 1.00. The van der Waals surface area contributed by atoms with Crippen molar-refractivity contribution in [1.82, 2.24) is 0 Å². The third-order valence-electron chi connectivity index (χ3n) is 0.354. The zero-order chi connectivity index (χ0) is 2.12. The van der Waals surface area contributed by atoms with Gasteiger partial charge in [0.25, 0.3) is 0 Å². The Morgan fingerprint density at radius 2 is 1.00 bits per heavy atom. The smallest absolute Gasteiger partial charge is 0 e. The van der Waals surface area contributed by atoms with E-state index in [0.29, 0.717) is 0 Å². The molecule has 0 spiro atoms. The first-order valence-corrected chi connectivity index (χ1v) is 1.50. The minimum absolute atomic E-state index is 0. The predicted octanol–water partition coefficient (Wildman–Crippen LogP) is 1.17. The van der Waals surface area contributed by atoms with E-state index in [-0.39, 0.29) is 17.1 Å². The molecule has 1 rings (SSSR count). The summed E-state index contributed by atoms with van der Waals surface area (Å²) in [5, 5.41) is 0. The van der Waals surface area contributed by atoms with Gasteiger partial charge in [0.15, 0.2) is 0 Å². The van der Waals surface area contributed by atoms with Gasteiger partial charge in [-0.25, -0.2) is 0 Å². The Morgan fingerprint density at radius 3 is 1.00 bits per heavy atom. The van der Waals surface area contributed by atoms with Crippen LogP contribution in [0.15, 0.2) is 0 Å². The van der Waals surface area contributed by atoms with Gasteiger partial charge in [-0.3, -0.25) is 0 Å². The van der Waals surface area contributed by atoms with Crippen molar-refractivity contribution in [1.29, 1.82) is 0 Å². The monoisotopic (exact) mass is 105 g/mol. The van der Waals surface area contributed by atoms with Gasteiger partial charge in [0.1, 0.15) is 0 Å². The van der Waals surface area contributed by atoms with E-state index in [9.17, 15) is 0 Å². The number of hydrogen-bond acceptors (Lipinski definition) is 0. The van der Waals surface area contributed by atoms with Crippen molar-refractivity contribution < 1.29 is 17.1 Å². The third-order valence-corrected chi connectivity index (χ3v) is 0.354. The van der Waals surface area contributed by atoms with Crippen LogP contribution in [-0.4, -0.2) is 0 Å². The Hall–Kier alpha value is 0.519. The molecule has 1 fully saturated rings. The summed E-state index contributed by atoms with van der Waals surface area (Å²) in [5.41, 5.74) is 0. The molecule has 1 heteroatoms. The van der Waals surface area contributed by atoms with Crippen LogP contribution in [0.3, 0.4) is 0 Å². The van der Waals surface area contributed by atoms with Crippen LogP contribution in [0.2, 0.25) is 0 Å². The van der Waals surface area contributed by atoms with E-state index in [2.05, 4.69) is 0 Å². The Balaban J connectivity index is 0.0000000900. The molecular weight excluding hydrogens is 99.6 g/mol. The van der Waals surface area contributed by atoms with Gasteiger partial charge < -0.3 is 0 Å². The number of hydrogen-bond donors (Lipinski definition) is 0. The molecule has 0 aliphatic heterocycles. The predicted molar refractivity (Wildman–Crippen MR) is 13.9 cm³/mol. The van der Waals surface area contributed by atoms with Crippen LogP contribution in [0.4, 0.5) is 0 Å². The van der Waals surface area contributed by atoms with Gasteiger partial charge in [0, 0.05) is 17.1 Å². The summed E-state index contributed by atoms with van der Waals surface area (Å²) in [6.07, 6.45) is 4.50. The molecule has 0 unspecified atom stereocenters. The Morgan fingerprint density at radius 1 is 0.750 bits per heavy atom. The first-order chi connectivity index (χ1) is 1.50. The summed E-state index contributed by atoms with van der Waals surface area (Å²) in [4.78, 5) is 0. The average Bonchev–Trinajstić information content (AvgIpc) is 1.46. The van der Waals surface area contributed by atoms with E-state index in [0.717, 1.165) is 0 Å². The van der Waals surface area contributed by atoms with Gasteiger partial charge >= 0.3 is 0 Å². The first-order valence-electron chi connectivity index (χ1n) is 1.50.